The number of pyridine rings is 1. The lowest BCUT2D eigenvalue weighted by Gasteiger charge is -2.09. The number of nitrogens with one attached hydrogen (secondary N) is 1. The number of hydrogen-bond donors (Lipinski definition) is 1. The van der Waals surface area contributed by atoms with Gasteiger partial charge in [-0.3, -0.25) is 4.79 Å². The molecule has 0 unspecified atom stereocenters. The minimum Gasteiger partial charge on any atom is -0.349 e. The number of nitrogens with zero attached hydrogens (tertiary/aromatic N) is 1. The Morgan fingerprint density at radius 1 is 1.29 bits per heavy atom. The maximum absolute atomic E-state index is 12.2. The number of carbonyl (C=O) groups excluding carboxylic acids is 1. The highest BCUT2D eigenvalue weighted by Crippen LogP contribution is 2.27. The molecule has 3 rings (SSSR count). The molecule has 4 heteroatoms. The molecular weight excluding hydrogens is 280 g/mol. The van der Waals surface area contributed by atoms with Gasteiger partial charge in [-0.05, 0) is 44.0 Å². The van der Waals surface area contributed by atoms with Crippen LogP contribution >= 0.6 is 11.3 Å². The molecule has 0 aliphatic carbocycles. The van der Waals surface area contributed by atoms with E-state index in [0.717, 1.165) is 32.4 Å². The molecule has 0 fully saturated rings. The van der Waals surface area contributed by atoms with Crippen LogP contribution in [0.5, 0.6) is 0 Å². The van der Waals surface area contributed by atoms with Gasteiger partial charge >= 0.3 is 0 Å². The molecule has 0 radical (unpaired) electrons. The summed E-state index contributed by atoms with van der Waals surface area (Å²) in [5.41, 5.74) is 2.18. The number of fused-ring (bicyclic) bond motifs is 2. The zero-order valence-electron chi connectivity index (χ0n) is 12.4. The standard InChI is InChI=1S/C17H18N2OS/c1-4-11(3)18-16(20)15-9-13-8-12-6-5-10(2)7-14(12)19-17(13)21-15/h5-9,11H,4H2,1-3H3,(H,18,20)/t11-/m1/s1. The molecule has 0 aliphatic rings. The first-order valence-electron chi connectivity index (χ1n) is 7.18. The average Bonchev–Trinajstić information content (AvgIpc) is 2.87. The molecule has 0 aliphatic heterocycles. The van der Waals surface area contributed by atoms with Crippen molar-refractivity contribution >= 4 is 38.4 Å². The van der Waals surface area contributed by atoms with Gasteiger partial charge in [-0.25, -0.2) is 4.98 Å². The fourth-order valence-corrected chi connectivity index (χ4v) is 3.17. The van der Waals surface area contributed by atoms with Crippen molar-refractivity contribution in [2.45, 2.75) is 33.2 Å². The third-order valence-corrected chi connectivity index (χ3v) is 4.72. The van der Waals surface area contributed by atoms with Crippen LogP contribution in [0.4, 0.5) is 0 Å². The van der Waals surface area contributed by atoms with Crippen LogP contribution < -0.4 is 5.32 Å². The van der Waals surface area contributed by atoms with Gasteiger partial charge in [0.1, 0.15) is 4.83 Å². The Bertz CT molecular complexity index is 822. The maximum Gasteiger partial charge on any atom is 0.261 e. The van der Waals surface area contributed by atoms with Crippen molar-refractivity contribution in [3.8, 4) is 0 Å². The van der Waals surface area contributed by atoms with Crippen LogP contribution in [-0.4, -0.2) is 16.9 Å². The Kier molecular flexibility index (Phi) is 3.64. The molecule has 108 valence electrons. The Morgan fingerprint density at radius 3 is 2.86 bits per heavy atom. The van der Waals surface area contributed by atoms with Crippen molar-refractivity contribution in [3.63, 3.8) is 0 Å². The summed E-state index contributed by atoms with van der Waals surface area (Å²) in [4.78, 5) is 18.5. The minimum absolute atomic E-state index is 0.00686. The Balaban J connectivity index is 2.03. The van der Waals surface area contributed by atoms with Crippen molar-refractivity contribution in [2.75, 3.05) is 0 Å². The van der Waals surface area contributed by atoms with Gasteiger partial charge in [0.25, 0.3) is 5.91 Å². The van der Waals surface area contributed by atoms with E-state index in [1.54, 1.807) is 0 Å². The quantitative estimate of drug-likeness (QED) is 0.784. The number of hydrogen-bond acceptors (Lipinski definition) is 3. The monoisotopic (exact) mass is 298 g/mol. The second-order valence-corrected chi connectivity index (χ2v) is 6.50. The van der Waals surface area contributed by atoms with Crippen molar-refractivity contribution < 1.29 is 4.79 Å². The van der Waals surface area contributed by atoms with Crippen LogP contribution in [0.1, 0.15) is 35.5 Å². The summed E-state index contributed by atoms with van der Waals surface area (Å²) >= 11 is 1.46. The lowest BCUT2D eigenvalue weighted by atomic mass is 10.1. The smallest absolute Gasteiger partial charge is 0.261 e. The number of carbonyl (C=O) groups is 1. The summed E-state index contributed by atoms with van der Waals surface area (Å²) < 4.78 is 0. The highest BCUT2D eigenvalue weighted by molar-refractivity contribution is 7.20. The van der Waals surface area contributed by atoms with E-state index in [9.17, 15) is 4.79 Å². The summed E-state index contributed by atoms with van der Waals surface area (Å²) in [6.45, 7) is 6.14. The van der Waals surface area contributed by atoms with Gasteiger partial charge < -0.3 is 5.32 Å². The summed E-state index contributed by atoms with van der Waals surface area (Å²) in [7, 11) is 0. The molecule has 3 aromatic rings. The van der Waals surface area contributed by atoms with E-state index in [0.29, 0.717) is 0 Å². The zero-order chi connectivity index (χ0) is 15.0. The van der Waals surface area contributed by atoms with Crippen LogP contribution in [0.2, 0.25) is 0 Å². The van der Waals surface area contributed by atoms with Crippen molar-refractivity contribution in [1.29, 1.82) is 0 Å². The van der Waals surface area contributed by atoms with Crippen molar-refractivity contribution in [3.05, 3.63) is 40.8 Å². The van der Waals surface area contributed by atoms with E-state index in [-0.39, 0.29) is 11.9 Å². The predicted molar refractivity (Wildman–Crippen MR) is 89.1 cm³/mol. The van der Waals surface area contributed by atoms with Crippen LogP contribution in [0, 0.1) is 6.92 Å². The third-order valence-electron chi connectivity index (χ3n) is 3.67. The lowest BCUT2D eigenvalue weighted by Crippen LogP contribution is -2.31. The number of benzene rings is 1. The van der Waals surface area contributed by atoms with E-state index >= 15 is 0 Å². The first-order valence-corrected chi connectivity index (χ1v) is 8.00. The van der Waals surface area contributed by atoms with E-state index in [2.05, 4.69) is 48.4 Å². The number of rotatable bonds is 3. The number of amides is 1. The fraction of sp³-hybridized carbons (Fsp3) is 0.294. The van der Waals surface area contributed by atoms with Crippen molar-refractivity contribution in [1.82, 2.24) is 10.3 Å². The SMILES string of the molecule is CC[C@@H](C)NC(=O)c1cc2cc3ccc(C)cc3nc2s1. The van der Waals surface area contributed by atoms with Crippen LogP contribution in [-0.2, 0) is 0 Å². The summed E-state index contributed by atoms with van der Waals surface area (Å²) in [6.07, 6.45) is 0.929. The van der Waals surface area contributed by atoms with E-state index < -0.39 is 0 Å². The second-order valence-electron chi connectivity index (χ2n) is 5.47. The molecular formula is C17H18N2OS. The molecule has 1 N–H and O–H groups in total. The predicted octanol–water partition coefficient (Wildman–Crippen LogP) is 4.29. The number of aryl methyl sites for hydroxylation is 1. The molecule has 1 amide bonds. The number of thiophene rings is 1. The Labute approximate surface area is 128 Å². The molecule has 2 aromatic heterocycles. The minimum atomic E-state index is -0.00686. The molecule has 0 saturated carbocycles. The molecule has 2 heterocycles. The first-order chi connectivity index (χ1) is 10.1. The van der Waals surface area contributed by atoms with E-state index in [1.165, 1.54) is 16.9 Å². The molecule has 1 atom stereocenters. The first kappa shape index (κ1) is 14.0. The third kappa shape index (κ3) is 2.76. The zero-order valence-corrected chi connectivity index (χ0v) is 13.3. The van der Waals surface area contributed by atoms with Crippen LogP contribution in [0.15, 0.2) is 30.3 Å². The maximum atomic E-state index is 12.2. The second kappa shape index (κ2) is 5.45. The van der Waals surface area contributed by atoms with Crippen LogP contribution in [0.3, 0.4) is 0 Å². The summed E-state index contributed by atoms with van der Waals surface area (Å²) in [6, 6.07) is 10.5. The van der Waals surface area contributed by atoms with Crippen LogP contribution in [0.25, 0.3) is 21.1 Å². The van der Waals surface area contributed by atoms with Gasteiger partial charge in [-0.2, -0.15) is 0 Å². The van der Waals surface area contributed by atoms with Gasteiger partial charge in [0, 0.05) is 16.8 Å². The van der Waals surface area contributed by atoms with Gasteiger partial charge in [0.05, 0.1) is 10.4 Å². The van der Waals surface area contributed by atoms with Gasteiger partial charge in [0.2, 0.25) is 0 Å². The summed E-state index contributed by atoms with van der Waals surface area (Å²) in [5.74, 6) is -0.00686. The molecule has 21 heavy (non-hydrogen) atoms. The van der Waals surface area contributed by atoms with E-state index in [1.807, 2.05) is 13.0 Å². The van der Waals surface area contributed by atoms with Gasteiger partial charge in [0.15, 0.2) is 0 Å². The number of aromatic nitrogens is 1. The largest absolute Gasteiger partial charge is 0.349 e. The lowest BCUT2D eigenvalue weighted by molar-refractivity contribution is 0.0943. The Morgan fingerprint density at radius 2 is 2.10 bits per heavy atom. The highest BCUT2D eigenvalue weighted by Gasteiger charge is 2.13. The summed E-state index contributed by atoms with van der Waals surface area (Å²) in [5, 5.41) is 5.15. The fourth-order valence-electron chi connectivity index (χ4n) is 2.24. The average molecular weight is 298 g/mol. The molecule has 0 bridgehead atoms. The normalized spacial score (nSPS) is 12.7. The van der Waals surface area contributed by atoms with E-state index in [4.69, 9.17) is 0 Å². The highest BCUT2D eigenvalue weighted by atomic mass is 32.1. The van der Waals surface area contributed by atoms with Crippen molar-refractivity contribution in [2.24, 2.45) is 0 Å². The molecule has 1 aromatic carbocycles. The topological polar surface area (TPSA) is 42.0 Å². The van der Waals surface area contributed by atoms with Gasteiger partial charge in [-0.15, -0.1) is 11.3 Å². The van der Waals surface area contributed by atoms with Gasteiger partial charge in [-0.1, -0.05) is 19.1 Å². The Hall–Kier alpha value is -1.94. The molecule has 3 nitrogen and oxygen atoms in total. The molecule has 0 saturated heterocycles. The molecule has 0 spiro atoms.